The number of carboxylic acids is 3. The third kappa shape index (κ3) is 8.61. The molecule has 0 radical (unpaired) electrons. The number of hydrogen-bond donors (Lipinski definition) is 2. The van der Waals surface area contributed by atoms with Crippen molar-refractivity contribution >= 4 is 54.7 Å². The smallest absolute Gasteiger partial charge is 0.549 e. The van der Waals surface area contributed by atoms with E-state index in [0.29, 0.717) is 70.4 Å². The number of unbranched alkanes of at least 4 members (excludes halogenated alkanes) is 3. The average molecular weight is 951 g/mol. The molecule has 2 aromatic carbocycles. The molecule has 3 aliphatic carbocycles. The molecule has 1 spiro atoms. The number of aryl methyl sites for hydroxylation is 1. The van der Waals surface area contributed by atoms with Crippen molar-refractivity contribution in [2.24, 2.45) is 5.92 Å². The molecule has 62 heavy (non-hydrogen) atoms. The number of phenolic OH excluding ortho intramolecular Hbond substituents is 1. The number of likely N-dealkylation sites (tertiary alicyclic amines) is 1. The first-order valence-electron chi connectivity index (χ1n) is 22.5. The molecule has 6 aliphatic rings. The molecule has 2 saturated heterocycles. The van der Waals surface area contributed by atoms with Gasteiger partial charge in [0.1, 0.15) is 0 Å². The molecule has 9 rings (SSSR count). The molecule has 15 nitrogen and oxygen atoms in total. The van der Waals surface area contributed by atoms with Gasteiger partial charge in [-0.05, 0) is 80.8 Å². The number of para-hydroxylation sites is 1. The van der Waals surface area contributed by atoms with Crippen LogP contribution in [-0.4, -0.2) is 186 Å². The van der Waals surface area contributed by atoms with Crippen LogP contribution in [0, 0.1) is 5.92 Å². The van der Waals surface area contributed by atoms with Crippen molar-refractivity contribution in [1.82, 2.24) is 29.1 Å². The van der Waals surface area contributed by atoms with Crippen molar-refractivity contribution in [1.29, 1.82) is 0 Å². The Morgan fingerprint density at radius 2 is 1.32 bits per heavy atom. The van der Waals surface area contributed by atoms with Gasteiger partial charge < -0.3 is 54.1 Å². The summed E-state index contributed by atoms with van der Waals surface area (Å²) in [5.41, 5.74) is 3.96. The molecule has 4 atom stereocenters. The average Bonchev–Trinajstić information content (AvgIpc) is 3.89. The summed E-state index contributed by atoms with van der Waals surface area (Å²) in [5.74, 6) is -2.23. The molecule has 16 heteroatoms. The summed E-state index contributed by atoms with van der Waals surface area (Å²) in [6.45, 7) is 5.90. The Morgan fingerprint density at radius 3 is 1.92 bits per heavy atom. The number of hydrogen-bond acceptors (Lipinski definition) is 14. The summed E-state index contributed by atoms with van der Waals surface area (Å²) in [6, 6.07) is 12.3. The van der Waals surface area contributed by atoms with Crippen molar-refractivity contribution in [2.75, 3.05) is 91.6 Å². The third-order valence-electron chi connectivity index (χ3n) is 14.9. The number of aliphatic hydroxyl groups is 1. The molecule has 2 N–H and O–H groups in total. The van der Waals surface area contributed by atoms with Gasteiger partial charge in [-0.15, -0.1) is 0 Å². The summed E-state index contributed by atoms with van der Waals surface area (Å²) < 4.78 is 9.42. The van der Waals surface area contributed by atoms with Crippen molar-refractivity contribution in [3.63, 3.8) is 0 Å². The Balaban J connectivity index is 0.00000529. The fourth-order valence-corrected chi connectivity index (χ4v) is 11.8. The Labute approximate surface area is 382 Å². The second kappa shape index (κ2) is 18.6. The van der Waals surface area contributed by atoms with E-state index < -0.39 is 35.0 Å². The van der Waals surface area contributed by atoms with Crippen LogP contribution < -0.4 is 20.1 Å². The maximum absolute atomic E-state index is 13.3. The molecular weight excluding hydrogens is 891 g/mol. The second-order valence-corrected chi connectivity index (χ2v) is 18.7. The molecule has 3 aromatic rings. The Kier molecular flexibility index (Phi) is 13.6. The van der Waals surface area contributed by atoms with E-state index in [1.54, 1.807) is 20.8 Å². The van der Waals surface area contributed by atoms with E-state index in [-0.39, 0.29) is 57.3 Å². The van der Waals surface area contributed by atoms with E-state index in [2.05, 4.69) is 44.7 Å². The van der Waals surface area contributed by atoms with Crippen LogP contribution in [-0.2, 0) is 39.2 Å². The van der Waals surface area contributed by atoms with Crippen LogP contribution >= 0.6 is 0 Å². The van der Waals surface area contributed by atoms with Gasteiger partial charge >= 0.3 is 25.8 Å². The SMILES string of the molecule is O=C([O-])CN1CCN(CCCCCCn2c3c(c4ccccc42)C[C@@]2(O)[C@H]4Cc5ccc(O)c6c5[C@@]2(CCN4CC2CC2)[C@H]3O6)CCN(CC(=O)[O-])CCN(CC(=O)[O-])CC1.[111In+3]. The molecule has 0 amide bonds. The van der Waals surface area contributed by atoms with Crippen LogP contribution in [0.15, 0.2) is 36.4 Å². The number of carboxylic acid groups (broad SMARTS) is 3. The number of aromatic hydroxyl groups is 1. The van der Waals surface area contributed by atoms with Gasteiger partial charge in [0.15, 0.2) is 17.6 Å². The zero-order valence-electron chi connectivity index (χ0n) is 35.7. The van der Waals surface area contributed by atoms with Gasteiger partial charge in [-0.25, -0.2) is 0 Å². The van der Waals surface area contributed by atoms with E-state index in [1.807, 2.05) is 0 Å². The summed E-state index contributed by atoms with van der Waals surface area (Å²) >= 11 is 0. The molecule has 4 heterocycles. The molecule has 2 bridgehead atoms. The first-order valence-corrected chi connectivity index (χ1v) is 22.5. The van der Waals surface area contributed by atoms with Crippen LogP contribution in [0.2, 0.25) is 0 Å². The van der Waals surface area contributed by atoms with Crippen molar-refractivity contribution < 1.29 is 44.7 Å². The minimum absolute atomic E-state index is 0. The maximum Gasteiger partial charge on any atom is 3.00 e. The number of ether oxygens (including phenoxy) is 1. The molecule has 1 saturated carbocycles. The molecule has 3 fully saturated rings. The topological polar surface area (TPSA) is 191 Å². The van der Waals surface area contributed by atoms with Gasteiger partial charge in [0.25, 0.3) is 0 Å². The van der Waals surface area contributed by atoms with Gasteiger partial charge in [0.05, 0.1) is 34.6 Å². The fraction of sp³-hybridized carbons (Fsp3) is 0.630. The van der Waals surface area contributed by atoms with Crippen molar-refractivity contribution in [3.05, 3.63) is 58.8 Å². The van der Waals surface area contributed by atoms with E-state index in [4.69, 9.17) is 4.74 Å². The number of fused-ring (bicyclic) bond motifs is 4. The summed E-state index contributed by atoms with van der Waals surface area (Å²) in [4.78, 5) is 44.7. The van der Waals surface area contributed by atoms with Crippen molar-refractivity contribution in [2.45, 2.75) is 87.5 Å². The molecular formula is C46H59InN6O9. The van der Waals surface area contributed by atoms with Gasteiger partial charge in [0, 0.05) is 114 Å². The fourth-order valence-electron chi connectivity index (χ4n) is 11.8. The summed E-state index contributed by atoms with van der Waals surface area (Å²) in [5, 5.41) is 60.4. The largest absolute Gasteiger partial charge is 3.00 e. The normalized spacial score (nSPS) is 27.0. The molecule has 330 valence electrons. The molecule has 0 unspecified atom stereocenters. The van der Waals surface area contributed by atoms with Crippen LogP contribution in [0.3, 0.4) is 0 Å². The van der Waals surface area contributed by atoms with Crippen LogP contribution in [0.4, 0.5) is 0 Å². The summed E-state index contributed by atoms with van der Waals surface area (Å²) in [7, 11) is 0. The number of piperidine rings is 1. The zero-order chi connectivity index (χ0) is 42.5. The molecule has 1 aromatic heterocycles. The van der Waals surface area contributed by atoms with E-state index in [0.717, 1.165) is 92.4 Å². The predicted molar refractivity (Wildman–Crippen MR) is 225 cm³/mol. The number of benzene rings is 2. The van der Waals surface area contributed by atoms with Crippen molar-refractivity contribution in [3.8, 4) is 11.5 Å². The first kappa shape index (κ1) is 45.2. The monoisotopic (exact) mass is 950 g/mol. The second-order valence-electron chi connectivity index (χ2n) is 18.7. The number of rotatable bonds is 15. The third-order valence-corrected chi connectivity index (χ3v) is 14.9. The van der Waals surface area contributed by atoms with E-state index >= 15 is 0 Å². The number of nitrogens with zero attached hydrogens (tertiary/aromatic N) is 6. The zero-order valence-corrected chi connectivity index (χ0v) is 39.0. The van der Waals surface area contributed by atoms with E-state index in [9.17, 15) is 39.9 Å². The maximum atomic E-state index is 13.3. The van der Waals surface area contributed by atoms with Gasteiger partial charge in [0.2, 0.25) is 0 Å². The molecule has 3 aliphatic heterocycles. The quantitative estimate of drug-likeness (QED) is 0.171. The summed E-state index contributed by atoms with van der Waals surface area (Å²) in [6.07, 6.45) is 7.94. The number of aliphatic carboxylic acids is 3. The van der Waals surface area contributed by atoms with E-state index in [1.165, 1.54) is 18.4 Å². The first-order chi connectivity index (χ1) is 29.4. The van der Waals surface area contributed by atoms with Crippen LogP contribution in [0.25, 0.3) is 10.9 Å². The van der Waals surface area contributed by atoms with Gasteiger partial charge in [-0.1, -0.05) is 37.1 Å². The van der Waals surface area contributed by atoms with Crippen LogP contribution in [0.1, 0.15) is 73.4 Å². The Bertz CT molecular complexity index is 2120. The minimum Gasteiger partial charge on any atom is -0.549 e. The van der Waals surface area contributed by atoms with Crippen LogP contribution in [0.5, 0.6) is 11.5 Å². The Morgan fingerprint density at radius 1 is 0.742 bits per heavy atom. The minimum atomic E-state index is -1.25. The predicted octanol–water partition coefficient (Wildman–Crippen LogP) is -1.30. The number of phenols is 1. The number of carbonyl (C=O) groups is 3. The van der Waals surface area contributed by atoms with Gasteiger partial charge in [-0.3, -0.25) is 19.6 Å². The number of carbonyl (C=O) groups excluding carboxylic acids is 3. The number of aromatic nitrogens is 1. The van der Waals surface area contributed by atoms with Gasteiger partial charge in [-0.2, -0.15) is 0 Å². The Hall–Kier alpha value is -3.38. The standard InChI is InChI=1S/C46H62N6O9.In/c53-36-12-11-32-25-37-46(60)26-34-33-7-3-4-8-35(33)52(42(34)44-45(46,41(32)43(36)61-44)13-16-51(37)27-31-9-10-31)15-6-2-1-5-14-47-17-19-48(28-38(54)55)21-23-50(30-40(58)59)24-22-49(20-18-47)29-39(56)57;/h3-4,7-8,11-12,31,37,44,53,60H,1-2,5-6,9-10,13-30H2,(H,54,55)(H,56,57)(H,58,59);/q;+3/p-3/t37-,44+,45+,46-;/m1./s1/i;1-4.